The third kappa shape index (κ3) is 6.59. The van der Waals surface area contributed by atoms with Gasteiger partial charge in [-0.1, -0.05) is 17.7 Å². The molecule has 0 spiro atoms. The molecule has 33 heavy (non-hydrogen) atoms. The van der Waals surface area contributed by atoms with Gasteiger partial charge in [-0.2, -0.15) is 13.2 Å². The highest BCUT2D eigenvalue weighted by molar-refractivity contribution is 7.92. The normalized spacial score (nSPS) is 11.7. The number of hydrogen-bond acceptors (Lipinski definition) is 4. The molecule has 1 amide bonds. The molecule has 0 heterocycles. The lowest BCUT2D eigenvalue weighted by Crippen LogP contribution is -2.20. The van der Waals surface area contributed by atoms with Crippen molar-refractivity contribution < 1.29 is 35.5 Å². The Morgan fingerprint density at radius 1 is 0.970 bits per heavy atom. The van der Waals surface area contributed by atoms with E-state index in [1.54, 1.807) is 0 Å². The first-order valence-electron chi connectivity index (χ1n) is 9.12. The Labute approximate surface area is 191 Å². The molecule has 3 rings (SSSR count). The summed E-state index contributed by atoms with van der Waals surface area (Å²) in [5.41, 5.74) is -0.944. The summed E-state index contributed by atoms with van der Waals surface area (Å²) >= 11 is 6.05. The fourth-order valence-corrected chi connectivity index (χ4v) is 3.99. The van der Waals surface area contributed by atoms with Crippen LogP contribution in [0.2, 0.25) is 5.02 Å². The van der Waals surface area contributed by atoms with Crippen LogP contribution in [0, 0.1) is 5.82 Å². The van der Waals surface area contributed by atoms with E-state index in [-0.39, 0.29) is 21.4 Å². The van der Waals surface area contributed by atoms with Gasteiger partial charge in [0.15, 0.2) is 6.61 Å². The van der Waals surface area contributed by atoms with Gasteiger partial charge in [0.05, 0.1) is 15.5 Å². The zero-order chi connectivity index (χ0) is 24.2. The van der Waals surface area contributed by atoms with Crippen LogP contribution in [0.3, 0.4) is 0 Å². The Kier molecular flexibility index (Phi) is 7.13. The van der Waals surface area contributed by atoms with E-state index >= 15 is 0 Å². The van der Waals surface area contributed by atoms with Gasteiger partial charge in [-0.05, 0) is 60.7 Å². The molecular weight excluding hydrogens is 488 g/mol. The van der Waals surface area contributed by atoms with Crippen LogP contribution in [0.5, 0.6) is 5.75 Å². The van der Waals surface area contributed by atoms with Gasteiger partial charge in [0, 0.05) is 11.4 Å². The summed E-state index contributed by atoms with van der Waals surface area (Å²) in [6, 6.07) is 12.1. The molecule has 3 aromatic rings. The van der Waals surface area contributed by atoms with Crippen LogP contribution in [0.15, 0.2) is 71.6 Å². The van der Waals surface area contributed by atoms with E-state index in [1.807, 2.05) is 0 Å². The van der Waals surface area contributed by atoms with Gasteiger partial charge in [-0.15, -0.1) is 0 Å². The van der Waals surface area contributed by atoms with Gasteiger partial charge in [0.1, 0.15) is 11.6 Å². The SMILES string of the molecule is O=C(COc1ccc(S(=O)(=O)Nc2cccc(C(F)(F)F)c2)cc1Cl)Nc1ccc(F)cc1. The smallest absolute Gasteiger partial charge is 0.416 e. The zero-order valence-corrected chi connectivity index (χ0v) is 18.1. The predicted octanol–water partition coefficient (Wildman–Crippen LogP) is 5.32. The third-order valence-corrected chi connectivity index (χ3v) is 5.82. The molecule has 0 saturated carbocycles. The van der Waals surface area contributed by atoms with Gasteiger partial charge in [-0.25, -0.2) is 12.8 Å². The molecule has 0 bridgehead atoms. The molecule has 0 aromatic heterocycles. The molecule has 0 atom stereocenters. The van der Waals surface area contributed by atoms with Crippen molar-refractivity contribution in [2.45, 2.75) is 11.1 Å². The van der Waals surface area contributed by atoms with Gasteiger partial charge >= 0.3 is 6.18 Å². The standard InChI is InChI=1S/C21H15ClF4N2O4S/c22-18-11-17(33(30,31)28-16-3-1-2-13(10-16)21(24,25)26)8-9-19(18)32-12-20(29)27-15-6-4-14(23)5-7-15/h1-11,28H,12H2,(H,27,29). The average molecular weight is 503 g/mol. The Balaban J connectivity index is 1.66. The van der Waals surface area contributed by atoms with Gasteiger partial charge in [-0.3, -0.25) is 9.52 Å². The van der Waals surface area contributed by atoms with Crippen molar-refractivity contribution in [3.05, 3.63) is 83.1 Å². The molecule has 174 valence electrons. The molecule has 0 unspecified atom stereocenters. The molecule has 0 radical (unpaired) electrons. The first-order valence-corrected chi connectivity index (χ1v) is 11.0. The summed E-state index contributed by atoms with van der Waals surface area (Å²) in [6.07, 6.45) is -4.63. The number of hydrogen-bond donors (Lipinski definition) is 2. The molecule has 3 aromatic carbocycles. The van der Waals surface area contributed by atoms with Crippen molar-refractivity contribution in [3.8, 4) is 5.75 Å². The largest absolute Gasteiger partial charge is 0.482 e. The molecule has 12 heteroatoms. The fraction of sp³-hybridized carbons (Fsp3) is 0.0952. The summed E-state index contributed by atoms with van der Waals surface area (Å²) in [4.78, 5) is 11.6. The van der Waals surface area contributed by atoms with E-state index in [9.17, 15) is 30.8 Å². The fourth-order valence-electron chi connectivity index (χ4n) is 2.61. The maximum absolute atomic E-state index is 12.9. The molecule has 0 fully saturated rings. The Bertz CT molecular complexity index is 1270. The topological polar surface area (TPSA) is 84.5 Å². The van der Waals surface area contributed by atoms with Gasteiger partial charge < -0.3 is 10.1 Å². The third-order valence-electron chi connectivity index (χ3n) is 4.14. The van der Waals surface area contributed by atoms with Gasteiger partial charge in [0.2, 0.25) is 0 Å². The second-order valence-electron chi connectivity index (χ2n) is 6.62. The minimum Gasteiger partial charge on any atom is -0.482 e. The predicted molar refractivity (Wildman–Crippen MR) is 114 cm³/mol. The van der Waals surface area contributed by atoms with Crippen LogP contribution in [0.4, 0.5) is 28.9 Å². The van der Waals surface area contributed by atoms with Crippen LogP contribution >= 0.6 is 11.6 Å². The van der Waals surface area contributed by atoms with E-state index in [4.69, 9.17) is 16.3 Å². The average Bonchev–Trinajstić information content (AvgIpc) is 2.74. The number of anilines is 2. The highest BCUT2D eigenvalue weighted by Gasteiger charge is 2.30. The summed E-state index contributed by atoms with van der Waals surface area (Å²) in [7, 11) is -4.26. The number of carbonyl (C=O) groups excluding carboxylic acids is 1. The second-order valence-corrected chi connectivity index (χ2v) is 8.71. The highest BCUT2D eigenvalue weighted by Crippen LogP contribution is 2.32. The second kappa shape index (κ2) is 9.67. The minimum absolute atomic E-state index is 0.00365. The lowest BCUT2D eigenvalue weighted by molar-refractivity contribution is -0.137. The van der Waals surface area contributed by atoms with Crippen molar-refractivity contribution in [2.75, 3.05) is 16.6 Å². The number of nitrogens with one attached hydrogen (secondary N) is 2. The molecule has 0 aliphatic heterocycles. The van der Waals surface area contributed by atoms with Crippen molar-refractivity contribution in [1.82, 2.24) is 0 Å². The van der Waals surface area contributed by atoms with Crippen molar-refractivity contribution in [1.29, 1.82) is 0 Å². The first-order chi connectivity index (χ1) is 15.4. The summed E-state index contributed by atoms with van der Waals surface area (Å²) in [6.45, 7) is -0.467. The lowest BCUT2D eigenvalue weighted by atomic mass is 10.2. The monoisotopic (exact) mass is 502 g/mol. The quantitative estimate of drug-likeness (QED) is 0.428. The molecule has 0 saturated heterocycles. The van der Waals surface area contributed by atoms with E-state index in [0.717, 1.165) is 24.3 Å². The van der Waals surface area contributed by atoms with E-state index < -0.39 is 40.1 Å². The van der Waals surface area contributed by atoms with Crippen LogP contribution in [-0.2, 0) is 21.0 Å². The van der Waals surface area contributed by atoms with Crippen LogP contribution in [0.1, 0.15) is 5.56 Å². The molecular formula is C21H15ClF4N2O4S. The van der Waals surface area contributed by atoms with Crippen LogP contribution in [-0.4, -0.2) is 20.9 Å². The molecule has 0 aliphatic rings. The Morgan fingerprint density at radius 3 is 2.30 bits per heavy atom. The summed E-state index contributed by atoms with van der Waals surface area (Å²) in [5, 5.41) is 2.34. The van der Waals surface area contributed by atoms with E-state index in [1.165, 1.54) is 36.4 Å². The number of amides is 1. The first kappa shape index (κ1) is 24.3. The minimum atomic E-state index is -4.63. The summed E-state index contributed by atoms with van der Waals surface area (Å²) in [5.74, 6) is -1.03. The number of halogens is 5. The maximum atomic E-state index is 12.9. The Morgan fingerprint density at radius 2 is 1.67 bits per heavy atom. The van der Waals surface area contributed by atoms with Gasteiger partial charge in [0.25, 0.3) is 15.9 Å². The number of carbonyl (C=O) groups is 1. The molecule has 6 nitrogen and oxygen atoms in total. The van der Waals surface area contributed by atoms with Crippen molar-refractivity contribution in [2.24, 2.45) is 0 Å². The number of alkyl halides is 3. The number of benzene rings is 3. The van der Waals surface area contributed by atoms with E-state index in [0.29, 0.717) is 11.8 Å². The van der Waals surface area contributed by atoms with Crippen LogP contribution in [0.25, 0.3) is 0 Å². The maximum Gasteiger partial charge on any atom is 0.416 e. The Hall–Kier alpha value is -3.31. The number of ether oxygens (including phenoxy) is 1. The lowest BCUT2D eigenvalue weighted by Gasteiger charge is -2.13. The summed E-state index contributed by atoms with van der Waals surface area (Å²) < 4.78 is 83.8. The zero-order valence-electron chi connectivity index (χ0n) is 16.5. The highest BCUT2D eigenvalue weighted by atomic mass is 35.5. The number of rotatable bonds is 7. The van der Waals surface area contributed by atoms with E-state index in [2.05, 4.69) is 10.0 Å². The van der Waals surface area contributed by atoms with Crippen molar-refractivity contribution in [3.63, 3.8) is 0 Å². The number of sulfonamides is 1. The molecule has 0 aliphatic carbocycles. The molecule has 2 N–H and O–H groups in total. The van der Waals surface area contributed by atoms with Crippen molar-refractivity contribution >= 4 is 38.9 Å². The van der Waals surface area contributed by atoms with Crippen LogP contribution < -0.4 is 14.8 Å².